The second-order valence-corrected chi connectivity index (χ2v) is 5.69. The number of likely N-dealkylation sites (N-methyl/N-ethyl adjacent to an activating group) is 1. The fourth-order valence-corrected chi connectivity index (χ4v) is 2.30. The predicted octanol–water partition coefficient (Wildman–Crippen LogP) is 3.78. The molecule has 0 unspecified atom stereocenters. The zero-order valence-corrected chi connectivity index (χ0v) is 13.2. The van der Waals surface area contributed by atoms with Crippen molar-refractivity contribution in [2.24, 2.45) is 0 Å². The third-order valence-electron chi connectivity index (χ3n) is 3.23. The summed E-state index contributed by atoms with van der Waals surface area (Å²) in [4.78, 5) is 13.9. The molecule has 0 aliphatic carbocycles. The molecule has 0 saturated carbocycles. The van der Waals surface area contributed by atoms with Gasteiger partial charge in [0.2, 0.25) is 5.91 Å². The minimum atomic E-state index is -0.00311. The fourth-order valence-electron chi connectivity index (χ4n) is 1.98. The van der Waals surface area contributed by atoms with Gasteiger partial charge in [-0.25, -0.2) is 0 Å². The number of carbonyl (C=O) groups is 1. The standard InChI is InChI=1S/C16H16Cl2N2O/c1-20(10-12-4-2-3-5-15(12)19)16(21)9-11-6-7-13(17)14(18)8-11/h2-8H,9-10,19H2,1H3. The Hall–Kier alpha value is -1.71. The van der Waals surface area contributed by atoms with Crippen molar-refractivity contribution >= 4 is 34.8 Å². The Morgan fingerprint density at radius 1 is 1.14 bits per heavy atom. The van der Waals surface area contributed by atoms with Gasteiger partial charge in [0, 0.05) is 19.3 Å². The molecule has 110 valence electrons. The van der Waals surface area contributed by atoms with E-state index in [2.05, 4.69) is 0 Å². The number of rotatable bonds is 4. The van der Waals surface area contributed by atoms with Gasteiger partial charge in [-0.05, 0) is 29.3 Å². The van der Waals surface area contributed by atoms with Crippen LogP contribution in [-0.2, 0) is 17.8 Å². The molecule has 2 rings (SSSR count). The first-order valence-electron chi connectivity index (χ1n) is 6.48. The molecule has 0 aliphatic rings. The van der Waals surface area contributed by atoms with Crippen LogP contribution in [0.4, 0.5) is 5.69 Å². The number of para-hydroxylation sites is 1. The van der Waals surface area contributed by atoms with Crippen molar-refractivity contribution < 1.29 is 4.79 Å². The van der Waals surface area contributed by atoms with Crippen LogP contribution < -0.4 is 5.73 Å². The van der Waals surface area contributed by atoms with Crippen molar-refractivity contribution in [2.45, 2.75) is 13.0 Å². The number of benzene rings is 2. The maximum Gasteiger partial charge on any atom is 0.227 e. The lowest BCUT2D eigenvalue weighted by atomic mass is 10.1. The van der Waals surface area contributed by atoms with Crippen LogP contribution in [0.3, 0.4) is 0 Å². The lowest BCUT2D eigenvalue weighted by Gasteiger charge is -2.18. The van der Waals surface area contributed by atoms with Gasteiger partial charge in [-0.15, -0.1) is 0 Å². The number of hydrogen-bond acceptors (Lipinski definition) is 2. The normalized spacial score (nSPS) is 10.4. The van der Waals surface area contributed by atoms with Gasteiger partial charge >= 0.3 is 0 Å². The lowest BCUT2D eigenvalue weighted by Crippen LogP contribution is -2.28. The zero-order chi connectivity index (χ0) is 15.4. The quantitative estimate of drug-likeness (QED) is 0.871. The number of carbonyl (C=O) groups excluding carboxylic acids is 1. The fraction of sp³-hybridized carbons (Fsp3) is 0.188. The molecule has 5 heteroatoms. The van der Waals surface area contributed by atoms with Gasteiger partial charge < -0.3 is 10.6 Å². The monoisotopic (exact) mass is 322 g/mol. The average molecular weight is 323 g/mol. The van der Waals surface area contributed by atoms with E-state index >= 15 is 0 Å². The minimum absolute atomic E-state index is 0.00311. The van der Waals surface area contributed by atoms with E-state index in [0.717, 1.165) is 11.1 Å². The summed E-state index contributed by atoms with van der Waals surface area (Å²) in [6.45, 7) is 0.479. The number of nitrogens with zero attached hydrogens (tertiary/aromatic N) is 1. The highest BCUT2D eigenvalue weighted by Gasteiger charge is 2.12. The molecule has 1 amide bonds. The van der Waals surface area contributed by atoms with Crippen LogP contribution in [0.25, 0.3) is 0 Å². The smallest absolute Gasteiger partial charge is 0.227 e. The first kappa shape index (κ1) is 15.7. The Morgan fingerprint density at radius 2 is 1.86 bits per heavy atom. The first-order chi connectivity index (χ1) is 9.97. The van der Waals surface area contributed by atoms with Gasteiger partial charge in [0.05, 0.1) is 16.5 Å². The molecule has 2 aromatic rings. The molecule has 0 fully saturated rings. The highest BCUT2D eigenvalue weighted by Crippen LogP contribution is 2.23. The minimum Gasteiger partial charge on any atom is -0.398 e. The topological polar surface area (TPSA) is 46.3 Å². The highest BCUT2D eigenvalue weighted by atomic mass is 35.5. The van der Waals surface area contributed by atoms with Gasteiger partial charge in [-0.3, -0.25) is 4.79 Å². The maximum atomic E-state index is 12.2. The largest absolute Gasteiger partial charge is 0.398 e. The number of nitrogen functional groups attached to an aromatic ring is 1. The van der Waals surface area contributed by atoms with Gasteiger partial charge in [-0.2, -0.15) is 0 Å². The number of anilines is 1. The number of hydrogen-bond donors (Lipinski definition) is 1. The summed E-state index contributed by atoms with van der Waals surface area (Å²) in [5, 5.41) is 0.940. The van der Waals surface area contributed by atoms with Crippen molar-refractivity contribution in [1.82, 2.24) is 4.90 Å². The second kappa shape index (κ2) is 6.83. The van der Waals surface area contributed by atoms with Crippen LogP contribution in [0.15, 0.2) is 42.5 Å². The molecule has 0 spiro atoms. The summed E-state index contributed by atoms with van der Waals surface area (Å²) >= 11 is 11.8. The Morgan fingerprint density at radius 3 is 2.52 bits per heavy atom. The van der Waals surface area contributed by atoms with E-state index in [1.807, 2.05) is 24.3 Å². The molecule has 0 atom stereocenters. The Kier molecular flexibility index (Phi) is 5.10. The highest BCUT2D eigenvalue weighted by molar-refractivity contribution is 6.42. The molecule has 2 aromatic carbocycles. The van der Waals surface area contributed by atoms with Gasteiger partial charge in [0.25, 0.3) is 0 Å². The first-order valence-corrected chi connectivity index (χ1v) is 7.24. The number of halogens is 2. The van der Waals surface area contributed by atoms with Crippen LogP contribution in [-0.4, -0.2) is 17.9 Å². The molecule has 0 aliphatic heterocycles. The number of amides is 1. The van der Waals surface area contributed by atoms with E-state index in [4.69, 9.17) is 28.9 Å². The molecule has 21 heavy (non-hydrogen) atoms. The van der Waals surface area contributed by atoms with Crippen molar-refractivity contribution in [2.75, 3.05) is 12.8 Å². The summed E-state index contributed by atoms with van der Waals surface area (Å²) in [6, 6.07) is 12.7. The third-order valence-corrected chi connectivity index (χ3v) is 3.97. The van der Waals surface area contributed by atoms with Gasteiger partial charge in [0.15, 0.2) is 0 Å². The van der Waals surface area contributed by atoms with E-state index in [0.29, 0.717) is 22.3 Å². The van der Waals surface area contributed by atoms with Crippen molar-refractivity contribution in [3.05, 3.63) is 63.6 Å². The summed E-state index contributed by atoms with van der Waals surface area (Å²) in [5.74, 6) is -0.00311. The SMILES string of the molecule is CN(Cc1ccccc1N)C(=O)Cc1ccc(Cl)c(Cl)c1. The van der Waals surface area contributed by atoms with Crippen LogP contribution >= 0.6 is 23.2 Å². The summed E-state index contributed by atoms with van der Waals surface area (Å²) in [6.07, 6.45) is 0.278. The van der Waals surface area contributed by atoms with Crippen LogP contribution in [0, 0.1) is 0 Å². The molecule has 0 radical (unpaired) electrons. The number of nitrogens with two attached hydrogens (primary N) is 1. The predicted molar refractivity (Wildman–Crippen MR) is 87.5 cm³/mol. The zero-order valence-electron chi connectivity index (χ0n) is 11.6. The summed E-state index contributed by atoms with van der Waals surface area (Å²) in [7, 11) is 1.76. The molecule has 0 saturated heterocycles. The Labute approximate surface area is 134 Å². The van der Waals surface area contributed by atoms with Crippen LogP contribution in [0.5, 0.6) is 0 Å². The lowest BCUT2D eigenvalue weighted by molar-refractivity contribution is -0.129. The van der Waals surface area contributed by atoms with E-state index in [1.165, 1.54) is 0 Å². The molecular formula is C16H16Cl2N2O. The second-order valence-electron chi connectivity index (χ2n) is 4.87. The molecule has 0 bridgehead atoms. The molecule has 2 N–H and O–H groups in total. The van der Waals surface area contributed by atoms with Crippen molar-refractivity contribution in [3.63, 3.8) is 0 Å². The van der Waals surface area contributed by atoms with Gasteiger partial charge in [-0.1, -0.05) is 47.5 Å². The van der Waals surface area contributed by atoms with Crippen LogP contribution in [0.1, 0.15) is 11.1 Å². The van der Waals surface area contributed by atoms with Crippen molar-refractivity contribution in [3.8, 4) is 0 Å². The Balaban J connectivity index is 2.02. The summed E-state index contributed by atoms with van der Waals surface area (Å²) < 4.78 is 0. The maximum absolute atomic E-state index is 12.2. The molecular weight excluding hydrogens is 307 g/mol. The van der Waals surface area contributed by atoms with E-state index in [-0.39, 0.29) is 12.3 Å². The van der Waals surface area contributed by atoms with E-state index in [1.54, 1.807) is 30.1 Å². The van der Waals surface area contributed by atoms with Crippen molar-refractivity contribution in [1.29, 1.82) is 0 Å². The molecule has 0 aromatic heterocycles. The third kappa shape index (κ3) is 4.13. The van der Waals surface area contributed by atoms with Gasteiger partial charge in [0.1, 0.15) is 0 Å². The molecule has 0 heterocycles. The molecule has 3 nitrogen and oxygen atoms in total. The Bertz CT molecular complexity index is 658. The van der Waals surface area contributed by atoms with E-state index < -0.39 is 0 Å². The summed E-state index contributed by atoms with van der Waals surface area (Å²) in [5.41, 5.74) is 8.34. The van der Waals surface area contributed by atoms with E-state index in [9.17, 15) is 4.79 Å². The average Bonchev–Trinajstić information content (AvgIpc) is 2.45. The van der Waals surface area contributed by atoms with Crippen LogP contribution in [0.2, 0.25) is 10.0 Å².